The van der Waals surface area contributed by atoms with Gasteiger partial charge in [-0.3, -0.25) is 15.0 Å². The molecule has 38 heavy (non-hydrogen) atoms. The maximum atomic E-state index is 15.1. The van der Waals surface area contributed by atoms with E-state index in [0.29, 0.717) is 35.7 Å². The number of fused-ring (bicyclic) bond motifs is 2. The molecule has 2 heterocycles. The molecule has 0 radical (unpaired) electrons. The summed E-state index contributed by atoms with van der Waals surface area (Å²) in [5, 5.41) is 8.56. The molecule has 0 bridgehead atoms. The van der Waals surface area contributed by atoms with E-state index in [1.54, 1.807) is 12.1 Å². The lowest BCUT2D eigenvalue weighted by Gasteiger charge is -2.35. The molecule has 0 aromatic heterocycles. The number of esters is 1. The Labute approximate surface area is 232 Å². The Bertz CT molecular complexity index is 1280. The summed E-state index contributed by atoms with van der Waals surface area (Å²) in [6.07, 6.45) is 0. The highest BCUT2D eigenvalue weighted by Gasteiger charge is 2.34. The van der Waals surface area contributed by atoms with Crippen LogP contribution in [-0.4, -0.2) is 70.1 Å². The zero-order valence-electron chi connectivity index (χ0n) is 22.4. The van der Waals surface area contributed by atoms with E-state index in [4.69, 9.17) is 24.4 Å². The number of rotatable bonds is 7. The summed E-state index contributed by atoms with van der Waals surface area (Å²) in [6.45, 7) is 7.04. The van der Waals surface area contributed by atoms with Crippen LogP contribution in [-0.2, 0) is 21.5 Å². The van der Waals surface area contributed by atoms with Gasteiger partial charge in [0.05, 0.1) is 45.7 Å². The van der Waals surface area contributed by atoms with Gasteiger partial charge in [-0.1, -0.05) is 20.8 Å². The fourth-order valence-corrected chi connectivity index (χ4v) is 4.70. The summed E-state index contributed by atoms with van der Waals surface area (Å²) in [4.78, 5) is 28.9. The smallest absolute Gasteiger partial charge is 0.325 e. The minimum Gasteiger partial charge on any atom is -0.493 e. The van der Waals surface area contributed by atoms with Gasteiger partial charge in [-0.2, -0.15) is 0 Å². The van der Waals surface area contributed by atoms with Crippen molar-refractivity contribution in [2.75, 3.05) is 52.5 Å². The molecule has 0 fully saturated rings. The van der Waals surface area contributed by atoms with Crippen molar-refractivity contribution in [3.8, 4) is 17.2 Å². The van der Waals surface area contributed by atoms with Gasteiger partial charge in [0.2, 0.25) is 0 Å². The topological polar surface area (TPSA) is 101 Å². The van der Waals surface area contributed by atoms with Crippen LogP contribution in [0.3, 0.4) is 0 Å². The van der Waals surface area contributed by atoms with Gasteiger partial charge in [-0.05, 0) is 29.2 Å². The van der Waals surface area contributed by atoms with Gasteiger partial charge in [-0.25, -0.2) is 4.39 Å². The molecule has 9 nitrogen and oxygen atoms in total. The second-order valence-electron chi connectivity index (χ2n) is 10.1. The Morgan fingerprint density at radius 2 is 1.79 bits per heavy atom. The number of amidine groups is 1. The Morgan fingerprint density at radius 3 is 2.39 bits per heavy atom. The minimum atomic E-state index is -0.684. The molecular weight excluding hydrogens is 561 g/mol. The van der Waals surface area contributed by atoms with Crippen molar-refractivity contribution in [2.45, 2.75) is 32.7 Å². The molecule has 11 heteroatoms. The van der Waals surface area contributed by atoms with Gasteiger partial charge in [0.15, 0.2) is 23.1 Å². The summed E-state index contributed by atoms with van der Waals surface area (Å²) in [6, 6.07) is 5.16. The predicted octanol–water partition coefficient (Wildman–Crippen LogP) is 4.11. The first-order chi connectivity index (χ1) is 17.5. The lowest BCUT2D eigenvalue weighted by Crippen LogP contribution is -2.38. The number of carbonyl (C=O) groups is 2. The average Bonchev–Trinajstić information content (AvgIpc) is 3.17. The predicted molar refractivity (Wildman–Crippen MR) is 146 cm³/mol. The summed E-state index contributed by atoms with van der Waals surface area (Å²) >= 11 is 0. The van der Waals surface area contributed by atoms with Gasteiger partial charge in [0, 0.05) is 17.7 Å². The van der Waals surface area contributed by atoms with E-state index in [-0.39, 0.29) is 70.7 Å². The largest absolute Gasteiger partial charge is 0.493 e. The molecule has 0 spiro atoms. The Morgan fingerprint density at radius 1 is 1.08 bits per heavy atom. The third-order valence-corrected chi connectivity index (χ3v) is 6.64. The van der Waals surface area contributed by atoms with E-state index >= 15 is 4.39 Å². The van der Waals surface area contributed by atoms with Crippen molar-refractivity contribution in [2.24, 2.45) is 0 Å². The zero-order chi connectivity index (χ0) is 27.1. The molecule has 0 aliphatic carbocycles. The van der Waals surface area contributed by atoms with Crippen molar-refractivity contribution >= 4 is 40.3 Å². The van der Waals surface area contributed by atoms with Crippen molar-refractivity contribution in [1.29, 1.82) is 5.41 Å². The quantitative estimate of drug-likeness (QED) is 0.378. The third kappa shape index (κ3) is 5.29. The third-order valence-electron chi connectivity index (χ3n) is 6.64. The fourth-order valence-electron chi connectivity index (χ4n) is 4.70. The number of nitrogens with zero attached hydrogens (tertiary/aromatic N) is 2. The van der Waals surface area contributed by atoms with E-state index in [9.17, 15) is 9.59 Å². The van der Waals surface area contributed by atoms with Crippen LogP contribution >= 0.6 is 17.0 Å². The number of hydrogen-bond acceptors (Lipinski definition) is 8. The van der Waals surface area contributed by atoms with Crippen molar-refractivity contribution in [3.63, 3.8) is 0 Å². The molecular formula is C27H33BrFN3O6. The van der Waals surface area contributed by atoms with Crippen molar-refractivity contribution in [1.82, 2.24) is 4.90 Å². The Balaban J connectivity index is 0.00000400. The molecule has 4 rings (SSSR count). The lowest BCUT2D eigenvalue weighted by atomic mass is 9.84. The number of ether oxygens (including phenoxy) is 4. The second-order valence-corrected chi connectivity index (χ2v) is 10.1. The van der Waals surface area contributed by atoms with Crippen molar-refractivity contribution in [3.05, 3.63) is 46.3 Å². The number of benzene rings is 2. The number of methoxy groups -OCH3 is 3. The standard InChI is InChI=1S/C27H32FN3O6.BrH/c1-27(2,3)17-9-15(10-18-24(17)37-8-7-30(18)14-21(33)35-5)19(32)13-31-12-16-11-20(34-4)25(36-6)23(28)22(16)26(31)29;/h9-11,29H,7-8,12-14H2,1-6H3;1H. The highest BCUT2D eigenvalue weighted by atomic mass is 79.9. The number of halogens is 2. The lowest BCUT2D eigenvalue weighted by molar-refractivity contribution is -0.139. The van der Waals surface area contributed by atoms with Crippen LogP contribution in [0.15, 0.2) is 18.2 Å². The average molecular weight is 594 g/mol. The maximum Gasteiger partial charge on any atom is 0.325 e. The Hall–Kier alpha value is -3.34. The Kier molecular flexibility index (Phi) is 8.60. The summed E-state index contributed by atoms with van der Waals surface area (Å²) in [7, 11) is 4.09. The number of Topliss-reactive ketones (excluding diaryl/α,β-unsaturated/α-hetero) is 1. The first-order valence-electron chi connectivity index (χ1n) is 11.9. The van der Waals surface area contributed by atoms with E-state index in [1.807, 2.05) is 31.7 Å². The van der Waals surface area contributed by atoms with Gasteiger partial charge in [0.1, 0.15) is 24.7 Å². The number of nitrogens with one attached hydrogen (secondary N) is 1. The SMILES string of the molecule is Br.COC(=O)CN1CCOc2c1cc(C(=O)CN1Cc3cc(OC)c(OC)c(F)c3C1=N)cc2C(C)(C)C. The van der Waals surface area contributed by atoms with E-state index in [1.165, 1.54) is 26.2 Å². The highest BCUT2D eigenvalue weighted by molar-refractivity contribution is 8.93. The van der Waals surface area contributed by atoms with Crippen molar-refractivity contribution < 1.29 is 32.9 Å². The van der Waals surface area contributed by atoms with Crippen LogP contribution in [0, 0.1) is 11.2 Å². The first-order valence-corrected chi connectivity index (χ1v) is 11.9. The van der Waals surface area contributed by atoms with Gasteiger partial charge in [0.25, 0.3) is 0 Å². The van der Waals surface area contributed by atoms with Crippen LogP contribution < -0.4 is 19.1 Å². The van der Waals surface area contributed by atoms with Crippen LogP contribution in [0.2, 0.25) is 0 Å². The molecule has 2 aromatic rings. The minimum absolute atomic E-state index is 0. The van der Waals surface area contributed by atoms with Crippen LogP contribution in [0.1, 0.15) is 47.8 Å². The molecule has 1 N–H and O–H groups in total. The molecule has 0 atom stereocenters. The first kappa shape index (κ1) is 29.2. The molecule has 0 amide bonds. The normalized spacial score (nSPS) is 14.2. The van der Waals surface area contributed by atoms with Gasteiger partial charge in [-0.15, -0.1) is 17.0 Å². The molecule has 0 saturated carbocycles. The maximum absolute atomic E-state index is 15.1. The molecule has 2 aromatic carbocycles. The molecule has 0 unspecified atom stereocenters. The van der Waals surface area contributed by atoms with E-state index < -0.39 is 11.8 Å². The number of ketones is 1. The molecule has 2 aliphatic heterocycles. The van der Waals surface area contributed by atoms with Crippen LogP contribution in [0.4, 0.5) is 10.1 Å². The number of hydrogen-bond donors (Lipinski definition) is 1. The zero-order valence-corrected chi connectivity index (χ0v) is 24.1. The van der Waals surface area contributed by atoms with Crippen LogP contribution in [0.5, 0.6) is 17.2 Å². The molecule has 0 saturated heterocycles. The van der Waals surface area contributed by atoms with Gasteiger partial charge >= 0.3 is 5.97 Å². The van der Waals surface area contributed by atoms with E-state index in [2.05, 4.69) is 0 Å². The van der Waals surface area contributed by atoms with Crippen LogP contribution in [0.25, 0.3) is 0 Å². The van der Waals surface area contributed by atoms with E-state index in [0.717, 1.165) is 5.56 Å². The fraction of sp³-hybridized carbons (Fsp3) is 0.444. The molecule has 206 valence electrons. The summed E-state index contributed by atoms with van der Waals surface area (Å²) in [5.41, 5.74) is 2.20. The number of anilines is 1. The highest BCUT2D eigenvalue weighted by Crippen LogP contribution is 2.42. The summed E-state index contributed by atoms with van der Waals surface area (Å²) in [5.74, 6) is -0.611. The summed E-state index contributed by atoms with van der Waals surface area (Å²) < 4.78 is 36.4. The van der Waals surface area contributed by atoms with Gasteiger partial charge < -0.3 is 28.7 Å². The molecule has 2 aliphatic rings. The monoisotopic (exact) mass is 593 g/mol. The second kappa shape index (κ2) is 11.2. The number of carbonyl (C=O) groups excluding carboxylic acids is 2.